The van der Waals surface area contributed by atoms with Crippen LogP contribution in [0, 0.1) is 0 Å². The van der Waals surface area contributed by atoms with Crippen molar-refractivity contribution in [2.45, 2.75) is 43.7 Å². The lowest BCUT2D eigenvalue weighted by atomic mass is 9.90. The van der Waals surface area contributed by atoms with Gasteiger partial charge >= 0.3 is 6.16 Å². The van der Waals surface area contributed by atoms with E-state index in [9.17, 15) is 4.79 Å². The summed E-state index contributed by atoms with van der Waals surface area (Å²) in [6, 6.07) is 0.709. The number of hydrogen-bond acceptors (Lipinski definition) is 5. The first-order chi connectivity index (χ1) is 8.17. The van der Waals surface area contributed by atoms with Crippen LogP contribution in [0.25, 0.3) is 0 Å². The van der Waals surface area contributed by atoms with E-state index in [-0.39, 0.29) is 11.5 Å². The first-order valence-electron chi connectivity index (χ1n) is 6.07. The summed E-state index contributed by atoms with van der Waals surface area (Å²) in [5.74, 6) is 0.190. The molecule has 0 aromatic rings. The van der Waals surface area contributed by atoms with Crippen molar-refractivity contribution in [3.63, 3.8) is 0 Å². The van der Waals surface area contributed by atoms with Crippen molar-refractivity contribution in [1.82, 2.24) is 4.90 Å². The van der Waals surface area contributed by atoms with Crippen LogP contribution in [-0.2, 0) is 9.57 Å². The second-order valence-electron chi connectivity index (χ2n) is 5.11. The molecule has 1 aliphatic carbocycles. The Kier molecular flexibility index (Phi) is 2.47. The molecule has 1 spiro atoms. The Morgan fingerprint density at radius 1 is 1.59 bits per heavy atom. The van der Waals surface area contributed by atoms with Crippen molar-refractivity contribution in [3.05, 3.63) is 0 Å². The standard InChI is InChI=1S/C11H16N2O4/c14-10(15)16-9-6-11(17-12-9)4-1-5-13(7-11)8-2-3-8/h8H,1-7H2,(H,14,15). The number of likely N-dealkylation sites (tertiary alicyclic amines) is 1. The largest absolute Gasteiger partial charge is 0.512 e. The lowest BCUT2D eigenvalue weighted by molar-refractivity contribution is -0.0704. The fourth-order valence-corrected chi connectivity index (χ4v) is 2.75. The Morgan fingerprint density at radius 3 is 3.12 bits per heavy atom. The molecule has 1 atom stereocenters. The quantitative estimate of drug-likeness (QED) is 0.702. The summed E-state index contributed by atoms with van der Waals surface area (Å²) in [6.45, 7) is 1.96. The zero-order valence-electron chi connectivity index (χ0n) is 9.59. The van der Waals surface area contributed by atoms with Gasteiger partial charge in [-0.25, -0.2) is 4.79 Å². The van der Waals surface area contributed by atoms with E-state index in [0.29, 0.717) is 12.5 Å². The molecule has 0 bridgehead atoms. The molecule has 2 heterocycles. The van der Waals surface area contributed by atoms with E-state index in [1.807, 2.05) is 0 Å². The van der Waals surface area contributed by atoms with Gasteiger partial charge in [-0.05, 0) is 32.2 Å². The number of oxime groups is 1. The maximum atomic E-state index is 10.4. The second kappa shape index (κ2) is 3.87. The fraction of sp³-hybridized carbons (Fsp3) is 0.818. The van der Waals surface area contributed by atoms with Gasteiger partial charge in [0, 0.05) is 12.6 Å². The number of ether oxygens (including phenoxy) is 1. The minimum absolute atomic E-state index is 0.190. The van der Waals surface area contributed by atoms with Crippen molar-refractivity contribution in [3.8, 4) is 0 Å². The fourth-order valence-electron chi connectivity index (χ4n) is 2.75. The molecule has 0 amide bonds. The Morgan fingerprint density at radius 2 is 2.41 bits per heavy atom. The Labute approximate surface area is 99.2 Å². The molecule has 0 aromatic heterocycles. The molecule has 6 heteroatoms. The molecule has 6 nitrogen and oxygen atoms in total. The monoisotopic (exact) mass is 240 g/mol. The first kappa shape index (κ1) is 10.8. The third-order valence-corrected chi connectivity index (χ3v) is 3.65. The van der Waals surface area contributed by atoms with Crippen LogP contribution in [-0.4, -0.2) is 46.8 Å². The summed E-state index contributed by atoms with van der Waals surface area (Å²) in [7, 11) is 0. The van der Waals surface area contributed by atoms with E-state index in [1.54, 1.807) is 0 Å². The number of rotatable bonds is 1. The van der Waals surface area contributed by atoms with E-state index in [2.05, 4.69) is 14.8 Å². The van der Waals surface area contributed by atoms with Gasteiger partial charge in [-0.3, -0.25) is 4.90 Å². The second-order valence-corrected chi connectivity index (χ2v) is 5.11. The minimum Gasteiger partial charge on any atom is -0.449 e. The molecule has 1 unspecified atom stereocenters. The Bertz CT molecular complexity index is 366. The van der Waals surface area contributed by atoms with Crippen molar-refractivity contribution < 1.29 is 19.5 Å². The number of carboxylic acid groups (broad SMARTS) is 1. The highest BCUT2D eigenvalue weighted by Crippen LogP contribution is 2.38. The summed E-state index contributed by atoms with van der Waals surface area (Å²) in [5.41, 5.74) is -0.342. The van der Waals surface area contributed by atoms with Crippen molar-refractivity contribution in [2.24, 2.45) is 5.16 Å². The molecule has 1 saturated heterocycles. The zero-order valence-corrected chi connectivity index (χ0v) is 9.59. The van der Waals surface area contributed by atoms with Crippen molar-refractivity contribution in [1.29, 1.82) is 0 Å². The summed E-state index contributed by atoms with van der Waals surface area (Å²) in [5, 5.41) is 12.3. The van der Waals surface area contributed by atoms with E-state index < -0.39 is 6.16 Å². The lowest BCUT2D eigenvalue weighted by Gasteiger charge is -2.38. The molecule has 1 saturated carbocycles. The zero-order chi connectivity index (χ0) is 11.9. The van der Waals surface area contributed by atoms with Gasteiger partial charge in [0.25, 0.3) is 0 Å². The molecule has 0 aromatic carbocycles. The van der Waals surface area contributed by atoms with Crippen LogP contribution < -0.4 is 0 Å². The van der Waals surface area contributed by atoms with Crippen LogP contribution in [0.15, 0.2) is 5.16 Å². The Balaban J connectivity index is 1.62. The van der Waals surface area contributed by atoms with Gasteiger partial charge in [0.1, 0.15) is 0 Å². The van der Waals surface area contributed by atoms with Crippen LogP contribution in [0.5, 0.6) is 0 Å². The highest BCUT2D eigenvalue weighted by Gasteiger charge is 2.46. The maximum Gasteiger partial charge on any atom is 0.512 e. The minimum atomic E-state index is -1.32. The van der Waals surface area contributed by atoms with E-state index >= 15 is 0 Å². The third-order valence-electron chi connectivity index (χ3n) is 3.65. The van der Waals surface area contributed by atoms with Crippen LogP contribution in [0.4, 0.5) is 4.79 Å². The van der Waals surface area contributed by atoms with Crippen molar-refractivity contribution >= 4 is 12.1 Å². The van der Waals surface area contributed by atoms with Gasteiger partial charge in [0.2, 0.25) is 5.90 Å². The van der Waals surface area contributed by atoms with Gasteiger partial charge in [0.05, 0.1) is 6.42 Å². The van der Waals surface area contributed by atoms with Crippen LogP contribution in [0.3, 0.4) is 0 Å². The van der Waals surface area contributed by atoms with Gasteiger partial charge in [-0.15, -0.1) is 0 Å². The lowest BCUT2D eigenvalue weighted by Crippen LogP contribution is -2.49. The van der Waals surface area contributed by atoms with Crippen LogP contribution >= 0.6 is 0 Å². The molecule has 1 N–H and O–H groups in total. The highest BCUT2D eigenvalue weighted by atomic mass is 16.7. The molecule has 94 valence electrons. The highest BCUT2D eigenvalue weighted by molar-refractivity contribution is 5.86. The topological polar surface area (TPSA) is 71.4 Å². The summed E-state index contributed by atoms with van der Waals surface area (Å²) < 4.78 is 4.57. The number of carbonyl (C=O) groups is 1. The van der Waals surface area contributed by atoms with Crippen LogP contribution in [0.2, 0.25) is 0 Å². The van der Waals surface area contributed by atoms with Gasteiger partial charge in [-0.2, -0.15) is 0 Å². The molecule has 3 rings (SSSR count). The predicted octanol–water partition coefficient (Wildman–Crippen LogP) is 1.41. The summed E-state index contributed by atoms with van der Waals surface area (Å²) in [6.07, 6.45) is 3.70. The number of hydrogen-bond donors (Lipinski definition) is 1. The van der Waals surface area contributed by atoms with Gasteiger partial charge < -0.3 is 14.7 Å². The summed E-state index contributed by atoms with van der Waals surface area (Å²) in [4.78, 5) is 18.3. The number of piperidine rings is 1. The summed E-state index contributed by atoms with van der Waals surface area (Å²) >= 11 is 0. The number of nitrogens with zero attached hydrogens (tertiary/aromatic N) is 2. The van der Waals surface area contributed by atoms with Gasteiger partial charge in [-0.1, -0.05) is 5.16 Å². The third kappa shape index (κ3) is 2.22. The first-order valence-corrected chi connectivity index (χ1v) is 6.07. The Hall–Kier alpha value is -1.30. The maximum absolute atomic E-state index is 10.4. The molecule has 2 aliphatic heterocycles. The normalized spacial score (nSPS) is 33.3. The molecular weight excluding hydrogens is 224 g/mol. The van der Waals surface area contributed by atoms with Crippen LogP contribution in [0.1, 0.15) is 32.1 Å². The molecule has 3 aliphatic rings. The van der Waals surface area contributed by atoms with Gasteiger partial charge in [0.15, 0.2) is 5.60 Å². The molecule has 17 heavy (non-hydrogen) atoms. The van der Waals surface area contributed by atoms with E-state index in [1.165, 1.54) is 12.8 Å². The SMILES string of the molecule is O=C(O)OC1=NOC2(CCCN(C3CC3)C2)C1. The van der Waals surface area contributed by atoms with Crippen molar-refractivity contribution in [2.75, 3.05) is 13.1 Å². The van der Waals surface area contributed by atoms with E-state index in [0.717, 1.165) is 25.9 Å². The molecular formula is C11H16N2O4. The predicted molar refractivity (Wildman–Crippen MR) is 58.8 cm³/mol. The van der Waals surface area contributed by atoms with E-state index in [4.69, 9.17) is 9.94 Å². The average Bonchev–Trinajstić information content (AvgIpc) is 3.05. The average molecular weight is 240 g/mol. The molecule has 2 fully saturated rings. The molecule has 0 radical (unpaired) electrons. The smallest absolute Gasteiger partial charge is 0.449 e.